The molecule has 1 nitrogen and oxygen atoms in total. The van der Waals surface area contributed by atoms with Crippen LogP contribution in [0, 0.1) is 11.3 Å². The molecule has 1 heteroatoms. The van der Waals surface area contributed by atoms with Crippen LogP contribution in [0.25, 0.3) is 0 Å². The standard InChI is InChI=1S/C11H22O/c1-4-9(2)11(3)7-5-6-10(12)8-11/h9-10,12H,4-8H2,1-3H3. The van der Waals surface area contributed by atoms with E-state index in [9.17, 15) is 5.11 Å². The number of rotatable bonds is 2. The quantitative estimate of drug-likeness (QED) is 0.675. The molecule has 3 atom stereocenters. The Hall–Kier alpha value is -0.0400. The molecule has 72 valence electrons. The monoisotopic (exact) mass is 170 g/mol. The van der Waals surface area contributed by atoms with Gasteiger partial charge in [0.1, 0.15) is 0 Å². The summed E-state index contributed by atoms with van der Waals surface area (Å²) in [4.78, 5) is 0. The summed E-state index contributed by atoms with van der Waals surface area (Å²) in [5.41, 5.74) is 0.409. The molecule has 0 aromatic rings. The fraction of sp³-hybridized carbons (Fsp3) is 1.00. The fourth-order valence-electron chi connectivity index (χ4n) is 2.42. The average molecular weight is 170 g/mol. The number of hydrogen-bond acceptors (Lipinski definition) is 1. The van der Waals surface area contributed by atoms with Crippen LogP contribution in [0.3, 0.4) is 0 Å². The van der Waals surface area contributed by atoms with E-state index in [4.69, 9.17) is 0 Å². The first-order valence-electron chi connectivity index (χ1n) is 5.26. The summed E-state index contributed by atoms with van der Waals surface area (Å²) in [6.45, 7) is 6.90. The first-order chi connectivity index (χ1) is 5.58. The van der Waals surface area contributed by atoms with Gasteiger partial charge in [0, 0.05) is 0 Å². The van der Waals surface area contributed by atoms with E-state index in [0.29, 0.717) is 5.41 Å². The van der Waals surface area contributed by atoms with Gasteiger partial charge in [0.25, 0.3) is 0 Å². The summed E-state index contributed by atoms with van der Waals surface area (Å²) in [7, 11) is 0. The Morgan fingerprint density at radius 1 is 1.58 bits per heavy atom. The minimum Gasteiger partial charge on any atom is -0.393 e. The zero-order valence-electron chi connectivity index (χ0n) is 8.64. The Kier molecular flexibility index (Phi) is 3.16. The lowest BCUT2D eigenvalue weighted by atomic mass is 9.66. The van der Waals surface area contributed by atoms with Crippen LogP contribution in [0.5, 0.6) is 0 Å². The summed E-state index contributed by atoms with van der Waals surface area (Å²) in [5.74, 6) is 0.757. The number of aliphatic hydroxyl groups is 1. The molecule has 0 heterocycles. The van der Waals surface area contributed by atoms with Gasteiger partial charge in [0.15, 0.2) is 0 Å². The van der Waals surface area contributed by atoms with E-state index < -0.39 is 0 Å². The second-order valence-corrected chi connectivity index (χ2v) is 4.71. The first-order valence-corrected chi connectivity index (χ1v) is 5.26. The second-order valence-electron chi connectivity index (χ2n) is 4.71. The van der Waals surface area contributed by atoms with Crippen LogP contribution in [-0.2, 0) is 0 Å². The third kappa shape index (κ3) is 2.01. The third-order valence-corrected chi connectivity index (χ3v) is 3.79. The largest absolute Gasteiger partial charge is 0.393 e. The zero-order chi connectivity index (χ0) is 9.19. The highest BCUT2D eigenvalue weighted by molar-refractivity contribution is 4.86. The lowest BCUT2D eigenvalue weighted by Gasteiger charge is -2.40. The Morgan fingerprint density at radius 3 is 2.75 bits per heavy atom. The molecule has 3 unspecified atom stereocenters. The molecule has 1 aliphatic carbocycles. The Morgan fingerprint density at radius 2 is 2.25 bits per heavy atom. The lowest BCUT2D eigenvalue weighted by molar-refractivity contribution is 0.0238. The Bertz CT molecular complexity index is 144. The van der Waals surface area contributed by atoms with Crippen LogP contribution in [0.15, 0.2) is 0 Å². The lowest BCUT2D eigenvalue weighted by Crippen LogP contribution is -2.33. The van der Waals surface area contributed by atoms with Crippen LogP contribution >= 0.6 is 0 Å². The minimum atomic E-state index is -0.0299. The van der Waals surface area contributed by atoms with Gasteiger partial charge in [-0.25, -0.2) is 0 Å². The van der Waals surface area contributed by atoms with E-state index in [0.717, 1.165) is 18.8 Å². The molecule has 0 spiro atoms. The first kappa shape index (κ1) is 10.0. The van der Waals surface area contributed by atoms with Gasteiger partial charge in [0.05, 0.1) is 6.10 Å². The predicted molar refractivity (Wildman–Crippen MR) is 52.0 cm³/mol. The van der Waals surface area contributed by atoms with Crippen LogP contribution in [0.4, 0.5) is 0 Å². The number of aliphatic hydroxyl groups excluding tert-OH is 1. The van der Waals surface area contributed by atoms with Crippen molar-refractivity contribution in [3.8, 4) is 0 Å². The molecule has 1 saturated carbocycles. The van der Waals surface area contributed by atoms with Crippen LogP contribution in [-0.4, -0.2) is 11.2 Å². The molecule has 0 radical (unpaired) electrons. The van der Waals surface area contributed by atoms with Gasteiger partial charge in [-0.05, 0) is 30.6 Å². The summed E-state index contributed by atoms with van der Waals surface area (Å²) in [6, 6.07) is 0. The van der Waals surface area contributed by atoms with Crippen molar-refractivity contribution in [2.45, 2.75) is 59.0 Å². The van der Waals surface area contributed by atoms with Gasteiger partial charge in [-0.15, -0.1) is 0 Å². The van der Waals surface area contributed by atoms with Crippen molar-refractivity contribution >= 4 is 0 Å². The molecule has 0 aromatic carbocycles. The van der Waals surface area contributed by atoms with Crippen molar-refractivity contribution in [3.63, 3.8) is 0 Å². The topological polar surface area (TPSA) is 20.2 Å². The minimum absolute atomic E-state index is 0.0299. The molecule has 0 aromatic heterocycles. The van der Waals surface area contributed by atoms with Crippen molar-refractivity contribution in [2.24, 2.45) is 11.3 Å². The van der Waals surface area contributed by atoms with E-state index in [-0.39, 0.29) is 6.10 Å². The molecule has 1 fully saturated rings. The van der Waals surface area contributed by atoms with Crippen molar-refractivity contribution in [2.75, 3.05) is 0 Å². The normalized spacial score (nSPS) is 39.5. The summed E-state index contributed by atoms with van der Waals surface area (Å²) < 4.78 is 0. The molecule has 0 aliphatic heterocycles. The molecule has 0 amide bonds. The van der Waals surface area contributed by atoms with Gasteiger partial charge in [-0.1, -0.05) is 33.6 Å². The predicted octanol–water partition coefficient (Wildman–Crippen LogP) is 2.97. The van der Waals surface area contributed by atoms with Gasteiger partial charge >= 0.3 is 0 Å². The molecule has 0 bridgehead atoms. The molecule has 1 rings (SSSR count). The van der Waals surface area contributed by atoms with E-state index in [1.165, 1.54) is 19.3 Å². The van der Waals surface area contributed by atoms with Gasteiger partial charge in [0.2, 0.25) is 0 Å². The SMILES string of the molecule is CCC(C)C1(C)CCCC(O)C1. The molecule has 1 N–H and O–H groups in total. The number of hydrogen-bond donors (Lipinski definition) is 1. The van der Waals surface area contributed by atoms with Crippen LogP contribution in [0.2, 0.25) is 0 Å². The maximum atomic E-state index is 9.59. The van der Waals surface area contributed by atoms with Crippen molar-refractivity contribution in [1.29, 1.82) is 0 Å². The van der Waals surface area contributed by atoms with Crippen LogP contribution in [0.1, 0.15) is 52.9 Å². The highest BCUT2D eigenvalue weighted by Gasteiger charge is 2.34. The summed E-state index contributed by atoms with van der Waals surface area (Å²) in [6.07, 6.45) is 5.76. The Labute approximate surface area is 76.2 Å². The molecular weight excluding hydrogens is 148 g/mol. The van der Waals surface area contributed by atoms with Crippen molar-refractivity contribution < 1.29 is 5.11 Å². The fourth-order valence-corrected chi connectivity index (χ4v) is 2.42. The van der Waals surface area contributed by atoms with E-state index in [1.807, 2.05) is 0 Å². The average Bonchev–Trinajstić information content (AvgIpc) is 2.02. The maximum absolute atomic E-state index is 9.59. The van der Waals surface area contributed by atoms with Crippen LogP contribution < -0.4 is 0 Å². The molecular formula is C11H22O. The van der Waals surface area contributed by atoms with Crippen molar-refractivity contribution in [1.82, 2.24) is 0 Å². The van der Waals surface area contributed by atoms with Gasteiger partial charge in [-0.3, -0.25) is 0 Å². The van der Waals surface area contributed by atoms with Gasteiger partial charge < -0.3 is 5.11 Å². The highest BCUT2D eigenvalue weighted by Crippen LogP contribution is 2.43. The van der Waals surface area contributed by atoms with E-state index in [1.54, 1.807) is 0 Å². The summed E-state index contributed by atoms with van der Waals surface area (Å²) >= 11 is 0. The molecule has 1 aliphatic rings. The molecule has 0 saturated heterocycles. The Balaban J connectivity index is 2.56. The smallest absolute Gasteiger partial charge is 0.0545 e. The highest BCUT2D eigenvalue weighted by atomic mass is 16.3. The van der Waals surface area contributed by atoms with Gasteiger partial charge in [-0.2, -0.15) is 0 Å². The van der Waals surface area contributed by atoms with E-state index in [2.05, 4.69) is 20.8 Å². The maximum Gasteiger partial charge on any atom is 0.0545 e. The van der Waals surface area contributed by atoms with Crippen molar-refractivity contribution in [3.05, 3.63) is 0 Å². The second kappa shape index (κ2) is 3.78. The molecule has 12 heavy (non-hydrogen) atoms. The summed E-state index contributed by atoms with van der Waals surface area (Å²) in [5, 5.41) is 9.59. The van der Waals surface area contributed by atoms with E-state index >= 15 is 0 Å². The third-order valence-electron chi connectivity index (χ3n) is 3.79. The zero-order valence-corrected chi connectivity index (χ0v) is 8.64.